The highest BCUT2D eigenvalue weighted by molar-refractivity contribution is 7.80. The molecule has 0 saturated heterocycles. The molecule has 0 bridgehead atoms. The number of anilines is 1. The number of nitrogens with zero attached hydrogens (tertiary/aromatic N) is 1. The van der Waals surface area contributed by atoms with Crippen molar-refractivity contribution in [3.63, 3.8) is 0 Å². The summed E-state index contributed by atoms with van der Waals surface area (Å²) in [7, 11) is 1.62. The fourth-order valence-electron chi connectivity index (χ4n) is 1.66. The van der Waals surface area contributed by atoms with Gasteiger partial charge in [-0.1, -0.05) is 29.8 Å². The number of nitrogens with one attached hydrogen (secondary N) is 2. The second kappa shape index (κ2) is 7.61. The van der Waals surface area contributed by atoms with Crippen LogP contribution in [0.15, 0.2) is 53.6 Å². The van der Waals surface area contributed by atoms with Crippen molar-refractivity contribution >= 4 is 40.8 Å². The first-order valence-electron chi connectivity index (χ1n) is 6.17. The molecule has 0 aliphatic rings. The van der Waals surface area contributed by atoms with Crippen LogP contribution in [-0.2, 0) is 0 Å². The first-order valence-corrected chi connectivity index (χ1v) is 6.96. The van der Waals surface area contributed by atoms with E-state index in [0.29, 0.717) is 10.1 Å². The predicted octanol–water partition coefficient (Wildman–Crippen LogP) is 3.67. The molecular weight excluding hydrogens is 306 g/mol. The van der Waals surface area contributed by atoms with Gasteiger partial charge in [0.25, 0.3) is 0 Å². The Morgan fingerprint density at radius 2 is 2.05 bits per heavy atom. The van der Waals surface area contributed by atoms with Crippen LogP contribution in [0, 0.1) is 0 Å². The molecule has 0 heterocycles. The Morgan fingerprint density at radius 1 is 1.24 bits per heavy atom. The van der Waals surface area contributed by atoms with Crippen molar-refractivity contribution in [2.75, 3.05) is 12.4 Å². The maximum Gasteiger partial charge on any atom is 0.191 e. The van der Waals surface area contributed by atoms with Gasteiger partial charge in [0, 0.05) is 16.3 Å². The largest absolute Gasteiger partial charge is 0.496 e. The Bertz CT molecular complexity index is 661. The number of thiocarbonyl (C=S) groups is 1. The zero-order chi connectivity index (χ0) is 15.1. The minimum absolute atomic E-state index is 0.378. The SMILES string of the molecule is COc1ccccc1C=NNC(=S)Nc1cccc(Cl)c1. The van der Waals surface area contributed by atoms with E-state index < -0.39 is 0 Å². The second-order valence-corrected chi connectivity index (χ2v) is 4.92. The van der Waals surface area contributed by atoms with Gasteiger partial charge in [-0.15, -0.1) is 0 Å². The summed E-state index contributed by atoms with van der Waals surface area (Å²) >= 11 is 11.0. The highest BCUT2D eigenvalue weighted by Gasteiger charge is 1.99. The molecule has 0 radical (unpaired) electrons. The molecular formula is C15H14ClN3OS. The van der Waals surface area contributed by atoms with Crippen LogP contribution in [0.1, 0.15) is 5.56 Å². The Labute approximate surface area is 133 Å². The molecule has 0 atom stereocenters. The summed E-state index contributed by atoms with van der Waals surface area (Å²) in [6.45, 7) is 0. The third-order valence-electron chi connectivity index (χ3n) is 2.59. The van der Waals surface area contributed by atoms with Gasteiger partial charge in [0.2, 0.25) is 0 Å². The van der Waals surface area contributed by atoms with E-state index in [9.17, 15) is 0 Å². The van der Waals surface area contributed by atoms with E-state index in [0.717, 1.165) is 17.0 Å². The fraction of sp³-hybridized carbons (Fsp3) is 0.0667. The predicted molar refractivity (Wildman–Crippen MR) is 91.4 cm³/mol. The first kappa shape index (κ1) is 15.3. The van der Waals surface area contributed by atoms with Gasteiger partial charge in [-0.3, -0.25) is 5.43 Å². The maximum atomic E-state index is 5.90. The molecule has 2 rings (SSSR count). The molecule has 108 valence electrons. The number of halogens is 1. The van der Waals surface area contributed by atoms with Crippen molar-refractivity contribution in [1.82, 2.24) is 5.43 Å². The Kier molecular flexibility index (Phi) is 5.54. The molecule has 4 nitrogen and oxygen atoms in total. The Balaban J connectivity index is 1.93. The number of hydrazone groups is 1. The smallest absolute Gasteiger partial charge is 0.191 e. The summed E-state index contributed by atoms with van der Waals surface area (Å²) in [6, 6.07) is 14.8. The fourth-order valence-corrected chi connectivity index (χ4v) is 2.02. The lowest BCUT2D eigenvalue weighted by Crippen LogP contribution is -2.23. The summed E-state index contributed by atoms with van der Waals surface area (Å²) in [5.74, 6) is 0.747. The van der Waals surface area contributed by atoms with Crippen LogP contribution in [0.2, 0.25) is 5.02 Å². The number of benzene rings is 2. The van der Waals surface area contributed by atoms with E-state index in [-0.39, 0.29) is 0 Å². The molecule has 0 unspecified atom stereocenters. The molecule has 21 heavy (non-hydrogen) atoms. The summed E-state index contributed by atoms with van der Waals surface area (Å²) in [4.78, 5) is 0. The van der Waals surface area contributed by atoms with Crippen molar-refractivity contribution in [2.24, 2.45) is 5.10 Å². The van der Waals surface area contributed by atoms with E-state index >= 15 is 0 Å². The van der Waals surface area contributed by atoms with Crippen LogP contribution >= 0.6 is 23.8 Å². The van der Waals surface area contributed by atoms with Crippen LogP contribution in [-0.4, -0.2) is 18.4 Å². The van der Waals surface area contributed by atoms with Crippen LogP contribution < -0.4 is 15.5 Å². The maximum absolute atomic E-state index is 5.90. The first-order chi connectivity index (χ1) is 10.2. The van der Waals surface area contributed by atoms with Gasteiger partial charge in [-0.25, -0.2) is 0 Å². The summed E-state index contributed by atoms with van der Waals surface area (Å²) in [6.07, 6.45) is 1.64. The van der Waals surface area contributed by atoms with Crippen LogP contribution in [0.4, 0.5) is 5.69 Å². The van der Waals surface area contributed by atoms with Crippen molar-refractivity contribution in [1.29, 1.82) is 0 Å². The van der Waals surface area contributed by atoms with E-state index in [2.05, 4.69) is 15.8 Å². The van der Waals surface area contributed by atoms with Crippen LogP contribution in [0.5, 0.6) is 5.75 Å². The van der Waals surface area contributed by atoms with Gasteiger partial charge in [0.15, 0.2) is 5.11 Å². The van der Waals surface area contributed by atoms with E-state index in [1.165, 1.54) is 0 Å². The van der Waals surface area contributed by atoms with Gasteiger partial charge in [0.05, 0.1) is 13.3 Å². The van der Waals surface area contributed by atoms with E-state index in [1.54, 1.807) is 25.5 Å². The average molecular weight is 320 g/mol. The van der Waals surface area contributed by atoms with E-state index in [1.807, 2.05) is 36.4 Å². The number of hydrogen-bond donors (Lipinski definition) is 2. The molecule has 2 aromatic rings. The number of ether oxygens (including phenoxy) is 1. The Hall–Kier alpha value is -2.11. The monoisotopic (exact) mass is 319 g/mol. The van der Waals surface area contributed by atoms with Crippen molar-refractivity contribution in [2.45, 2.75) is 0 Å². The lowest BCUT2D eigenvalue weighted by Gasteiger charge is -2.07. The highest BCUT2D eigenvalue weighted by Crippen LogP contribution is 2.15. The lowest BCUT2D eigenvalue weighted by molar-refractivity contribution is 0.414. The van der Waals surface area contributed by atoms with Gasteiger partial charge in [-0.2, -0.15) is 5.10 Å². The van der Waals surface area contributed by atoms with E-state index in [4.69, 9.17) is 28.6 Å². The highest BCUT2D eigenvalue weighted by atomic mass is 35.5. The van der Waals surface area contributed by atoms with Gasteiger partial charge < -0.3 is 10.1 Å². The molecule has 0 saturated carbocycles. The Morgan fingerprint density at radius 3 is 2.81 bits per heavy atom. The third kappa shape index (κ3) is 4.73. The quantitative estimate of drug-likeness (QED) is 0.513. The number of rotatable bonds is 4. The molecule has 0 aliphatic heterocycles. The number of para-hydroxylation sites is 1. The summed E-state index contributed by atoms with van der Waals surface area (Å²) in [5.41, 5.74) is 4.40. The van der Waals surface area contributed by atoms with Crippen molar-refractivity contribution < 1.29 is 4.74 Å². The van der Waals surface area contributed by atoms with Crippen molar-refractivity contribution in [3.05, 3.63) is 59.1 Å². The van der Waals surface area contributed by atoms with Crippen LogP contribution in [0.25, 0.3) is 0 Å². The lowest BCUT2D eigenvalue weighted by atomic mass is 10.2. The van der Waals surface area contributed by atoms with Crippen molar-refractivity contribution in [3.8, 4) is 5.75 Å². The van der Waals surface area contributed by atoms with Crippen LogP contribution in [0.3, 0.4) is 0 Å². The minimum atomic E-state index is 0.378. The standard InChI is InChI=1S/C15H14ClN3OS/c1-20-14-8-3-2-5-11(14)10-17-19-15(21)18-13-7-4-6-12(16)9-13/h2-10H,1H3,(H2,18,19,21). The normalized spacial score (nSPS) is 10.4. The number of hydrogen-bond acceptors (Lipinski definition) is 3. The summed E-state index contributed by atoms with van der Waals surface area (Å²) < 4.78 is 5.23. The third-order valence-corrected chi connectivity index (χ3v) is 3.02. The topological polar surface area (TPSA) is 45.6 Å². The molecule has 6 heteroatoms. The van der Waals surface area contributed by atoms with Gasteiger partial charge >= 0.3 is 0 Å². The molecule has 2 N–H and O–H groups in total. The molecule has 0 amide bonds. The van der Waals surface area contributed by atoms with Gasteiger partial charge in [0.1, 0.15) is 5.75 Å². The second-order valence-electron chi connectivity index (χ2n) is 4.08. The number of methoxy groups -OCH3 is 1. The minimum Gasteiger partial charge on any atom is -0.496 e. The molecule has 0 spiro atoms. The molecule has 0 fully saturated rings. The zero-order valence-corrected chi connectivity index (χ0v) is 12.9. The summed E-state index contributed by atoms with van der Waals surface area (Å²) in [5, 5.41) is 8.08. The molecule has 2 aromatic carbocycles. The molecule has 0 aliphatic carbocycles. The molecule has 0 aromatic heterocycles. The zero-order valence-electron chi connectivity index (χ0n) is 11.3. The van der Waals surface area contributed by atoms with Gasteiger partial charge in [-0.05, 0) is 42.5 Å². The average Bonchev–Trinajstić information content (AvgIpc) is 2.47.